The molecule has 0 aromatic carbocycles. The Bertz CT molecular complexity index is 606. The first-order valence-electron chi connectivity index (χ1n) is 8.36. The summed E-state index contributed by atoms with van der Waals surface area (Å²) < 4.78 is 10.5. The summed E-state index contributed by atoms with van der Waals surface area (Å²) in [6.07, 6.45) is 2.21. The van der Waals surface area contributed by atoms with Crippen molar-refractivity contribution in [3.63, 3.8) is 0 Å². The van der Waals surface area contributed by atoms with Gasteiger partial charge in [-0.25, -0.2) is 0 Å². The summed E-state index contributed by atoms with van der Waals surface area (Å²) in [5.74, 6) is -0.595. The average Bonchev–Trinajstić information content (AvgIpc) is 2.69. The Balaban J connectivity index is -0.000000434. The lowest BCUT2D eigenvalue weighted by Crippen LogP contribution is -2.20. The van der Waals surface area contributed by atoms with Crippen molar-refractivity contribution in [2.45, 2.75) is 46.1 Å². The number of nitrogens with one attached hydrogen (secondary N) is 1. The number of carbonyl (C=O) groups excluding carboxylic acids is 1. The van der Waals surface area contributed by atoms with E-state index >= 15 is 0 Å². The van der Waals surface area contributed by atoms with Gasteiger partial charge < -0.3 is 40.2 Å². The van der Waals surface area contributed by atoms with Gasteiger partial charge in [0.2, 0.25) is 0 Å². The number of nitrogens with two attached hydrogens (primary N) is 1. The molecule has 1 rings (SSSR count). The molecule has 0 aliphatic heterocycles. The second-order valence-electron chi connectivity index (χ2n) is 4.80. The quantitative estimate of drug-likeness (QED) is 0.183. The molecule has 1 aromatic heterocycles. The maximum Gasteiger partial charge on any atom is 0.321 e. The minimum Gasteiger partial charge on any atom is -0.438 e. The van der Waals surface area contributed by atoms with Crippen LogP contribution in [0.25, 0.3) is 0 Å². The van der Waals surface area contributed by atoms with E-state index in [0.717, 1.165) is 7.11 Å². The molecule has 0 saturated heterocycles. The number of methoxy groups -OCH3 is 1. The predicted octanol–water partition coefficient (Wildman–Crippen LogP) is -0.784. The Labute approximate surface area is 169 Å². The highest BCUT2D eigenvalue weighted by atomic mass is 32.1. The first kappa shape index (κ1) is 31.0. The lowest BCUT2D eigenvalue weighted by Gasteiger charge is -2.11. The van der Waals surface area contributed by atoms with Crippen LogP contribution in [0, 0.1) is 4.77 Å². The Hall–Kier alpha value is -1.67. The monoisotopic (exact) mass is 427 g/mol. The fourth-order valence-electron chi connectivity index (χ4n) is 1.33. The number of rotatable bonds is 7. The molecule has 0 amide bonds. The number of H-pyrrole nitrogens is 1. The molecule has 0 spiro atoms. The second-order valence-corrected chi connectivity index (χ2v) is 5.19. The SMILES string of the molecule is CCC.CO.CO[C@H](O)CCn1cc(CO)c(=O)[nH]c1=S.NCC(=O)OCO. The van der Waals surface area contributed by atoms with E-state index in [4.69, 9.17) is 33.3 Å². The summed E-state index contributed by atoms with van der Waals surface area (Å²) in [7, 11) is 2.40. The lowest BCUT2D eigenvalue weighted by molar-refractivity contribution is -0.149. The van der Waals surface area contributed by atoms with E-state index in [0.29, 0.717) is 13.0 Å². The Kier molecular flexibility index (Phi) is 24.0. The molecule has 0 aliphatic rings. The molecular formula is C16H33N3O8S. The molecule has 1 heterocycles. The number of aromatic amines is 1. The highest BCUT2D eigenvalue weighted by Gasteiger charge is 2.05. The number of aliphatic hydroxyl groups excluding tert-OH is 4. The van der Waals surface area contributed by atoms with Crippen LogP contribution in [0.1, 0.15) is 32.3 Å². The fourth-order valence-corrected chi connectivity index (χ4v) is 1.57. The number of aromatic nitrogens is 2. The molecule has 0 aliphatic carbocycles. The van der Waals surface area contributed by atoms with Crippen molar-refractivity contribution in [3.05, 3.63) is 26.9 Å². The standard InChI is InChI=1S/C9H14N2O4S.C3H7NO3.C3H8.CH4O/c1-15-7(13)2-3-11-4-6(5-12)8(14)10-9(11)16;4-1-3(6)7-2-5;1-3-2;1-2/h4,7,12-13H,2-3,5H2,1H3,(H,10,14,16);5H,1-2,4H2;3H2,1-2H3;2H,1H3/t7-;;;/m0.../s1. The molecule has 11 nitrogen and oxygen atoms in total. The van der Waals surface area contributed by atoms with Crippen molar-refractivity contribution in [1.29, 1.82) is 0 Å². The summed E-state index contributed by atoms with van der Waals surface area (Å²) in [5, 5.41) is 33.0. The van der Waals surface area contributed by atoms with Gasteiger partial charge in [0.05, 0.1) is 18.7 Å². The summed E-state index contributed by atoms with van der Waals surface area (Å²) in [6.45, 7) is 3.53. The van der Waals surface area contributed by atoms with Crippen molar-refractivity contribution in [2.24, 2.45) is 5.73 Å². The Morgan fingerprint density at radius 2 is 1.89 bits per heavy atom. The average molecular weight is 428 g/mol. The van der Waals surface area contributed by atoms with E-state index in [2.05, 4.69) is 28.3 Å². The number of aryl methyl sites for hydroxylation is 1. The van der Waals surface area contributed by atoms with E-state index in [-0.39, 0.29) is 23.5 Å². The summed E-state index contributed by atoms with van der Waals surface area (Å²) >= 11 is 4.94. The van der Waals surface area contributed by atoms with Gasteiger partial charge in [-0.2, -0.15) is 0 Å². The molecule has 0 unspecified atom stereocenters. The van der Waals surface area contributed by atoms with Gasteiger partial charge in [0.15, 0.2) is 17.9 Å². The van der Waals surface area contributed by atoms with Crippen LogP contribution in [0.15, 0.2) is 11.0 Å². The van der Waals surface area contributed by atoms with Crippen LogP contribution >= 0.6 is 12.2 Å². The molecule has 166 valence electrons. The van der Waals surface area contributed by atoms with E-state index < -0.39 is 24.6 Å². The van der Waals surface area contributed by atoms with E-state index in [1.54, 1.807) is 4.57 Å². The number of aliphatic hydroxyl groups is 4. The van der Waals surface area contributed by atoms with Crippen molar-refractivity contribution in [1.82, 2.24) is 9.55 Å². The zero-order valence-corrected chi connectivity index (χ0v) is 17.6. The van der Waals surface area contributed by atoms with E-state index in [1.165, 1.54) is 19.7 Å². The molecular weight excluding hydrogens is 394 g/mol. The van der Waals surface area contributed by atoms with Crippen LogP contribution in [0.5, 0.6) is 0 Å². The maximum atomic E-state index is 11.2. The van der Waals surface area contributed by atoms with Crippen LogP contribution in [0.4, 0.5) is 0 Å². The number of carbonyl (C=O) groups is 1. The van der Waals surface area contributed by atoms with Crippen molar-refractivity contribution in [3.8, 4) is 0 Å². The molecule has 0 bridgehead atoms. The number of hydrogen-bond donors (Lipinski definition) is 6. The van der Waals surface area contributed by atoms with Crippen LogP contribution < -0.4 is 11.3 Å². The van der Waals surface area contributed by atoms with Gasteiger partial charge in [0.1, 0.15) is 0 Å². The lowest BCUT2D eigenvalue weighted by atomic mass is 10.3. The van der Waals surface area contributed by atoms with E-state index in [9.17, 15) is 14.7 Å². The van der Waals surface area contributed by atoms with Gasteiger partial charge >= 0.3 is 5.97 Å². The van der Waals surface area contributed by atoms with Crippen molar-refractivity contribution >= 4 is 18.2 Å². The molecule has 0 fully saturated rings. The number of esters is 1. The normalized spacial score (nSPS) is 10.2. The third-order valence-corrected chi connectivity index (χ3v) is 2.87. The van der Waals surface area contributed by atoms with Crippen LogP contribution in [0.3, 0.4) is 0 Å². The molecule has 1 aromatic rings. The number of ether oxygens (including phenoxy) is 2. The Morgan fingerprint density at radius 3 is 2.25 bits per heavy atom. The van der Waals surface area contributed by atoms with Gasteiger partial charge in [0.25, 0.3) is 5.56 Å². The summed E-state index contributed by atoms with van der Waals surface area (Å²) in [4.78, 5) is 23.6. The molecule has 12 heteroatoms. The fraction of sp³-hybridized carbons (Fsp3) is 0.688. The molecule has 28 heavy (non-hydrogen) atoms. The van der Waals surface area contributed by atoms with Gasteiger partial charge in [0, 0.05) is 33.4 Å². The van der Waals surface area contributed by atoms with Crippen LogP contribution in [-0.2, 0) is 27.4 Å². The topological polar surface area (TPSA) is 180 Å². The summed E-state index contributed by atoms with van der Waals surface area (Å²) in [5.41, 5.74) is 4.62. The molecule has 1 atom stereocenters. The first-order valence-corrected chi connectivity index (χ1v) is 8.77. The van der Waals surface area contributed by atoms with E-state index in [1.807, 2.05) is 0 Å². The molecule has 0 radical (unpaired) electrons. The van der Waals surface area contributed by atoms with Crippen LogP contribution in [-0.4, -0.2) is 69.8 Å². The second kappa shape index (κ2) is 21.6. The molecule has 7 N–H and O–H groups in total. The van der Waals surface area contributed by atoms with Crippen molar-refractivity contribution in [2.75, 3.05) is 27.6 Å². The van der Waals surface area contributed by atoms with Gasteiger partial charge in [-0.3, -0.25) is 14.6 Å². The third-order valence-electron chi connectivity index (χ3n) is 2.54. The highest BCUT2D eigenvalue weighted by molar-refractivity contribution is 7.71. The van der Waals surface area contributed by atoms with Gasteiger partial charge in [-0.1, -0.05) is 20.3 Å². The zero-order valence-electron chi connectivity index (χ0n) is 16.8. The minimum atomic E-state index is -0.869. The third kappa shape index (κ3) is 16.5. The molecule has 0 saturated carbocycles. The largest absolute Gasteiger partial charge is 0.438 e. The maximum absolute atomic E-state index is 11.2. The first-order chi connectivity index (χ1) is 13.3. The van der Waals surface area contributed by atoms with Crippen LogP contribution in [0.2, 0.25) is 0 Å². The zero-order chi connectivity index (χ0) is 22.5. The minimum absolute atomic E-state index is 0.180. The van der Waals surface area contributed by atoms with Gasteiger partial charge in [-0.05, 0) is 12.2 Å². The smallest absolute Gasteiger partial charge is 0.321 e. The Morgan fingerprint density at radius 1 is 1.36 bits per heavy atom. The van der Waals surface area contributed by atoms with Crippen molar-refractivity contribution < 1.29 is 34.7 Å². The number of nitrogens with zero attached hydrogens (tertiary/aromatic N) is 1. The highest BCUT2D eigenvalue weighted by Crippen LogP contribution is 1.99. The number of hydrogen-bond acceptors (Lipinski definition) is 10. The van der Waals surface area contributed by atoms with Gasteiger partial charge in [-0.15, -0.1) is 0 Å². The summed E-state index contributed by atoms with van der Waals surface area (Å²) in [6, 6.07) is 0. The predicted molar refractivity (Wildman–Crippen MR) is 106 cm³/mol.